The maximum atomic E-state index is 12.4. The highest BCUT2D eigenvalue weighted by atomic mass is 32.2. The Kier molecular flexibility index (Phi) is 6.58. The van der Waals surface area contributed by atoms with Gasteiger partial charge in [0.15, 0.2) is 0 Å². The van der Waals surface area contributed by atoms with Gasteiger partial charge < -0.3 is 10.1 Å². The Bertz CT molecular complexity index is 787. The minimum Gasteiger partial charge on any atom is -0.497 e. The summed E-state index contributed by atoms with van der Waals surface area (Å²) >= 11 is 0. The molecule has 0 bridgehead atoms. The fraction of sp³-hybridized carbons (Fsp3) is 0.368. The zero-order valence-corrected chi connectivity index (χ0v) is 16.0. The first kappa shape index (κ1) is 19.4. The molecule has 2 rings (SSSR count). The normalized spacial score (nSPS) is 11.9. The van der Waals surface area contributed by atoms with Gasteiger partial charge in [-0.2, -0.15) is 4.31 Å². The van der Waals surface area contributed by atoms with Crippen molar-refractivity contribution in [3.8, 4) is 5.75 Å². The lowest BCUT2D eigenvalue weighted by molar-refractivity contribution is 0.410. The van der Waals surface area contributed by atoms with Crippen molar-refractivity contribution in [1.29, 1.82) is 0 Å². The van der Waals surface area contributed by atoms with E-state index in [0.29, 0.717) is 18.0 Å². The van der Waals surface area contributed by atoms with Gasteiger partial charge in [-0.1, -0.05) is 24.3 Å². The van der Waals surface area contributed by atoms with Crippen molar-refractivity contribution in [1.82, 2.24) is 9.62 Å². The summed E-state index contributed by atoms with van der Waals surface area (Å²) in [6.45, 7) is 5.09. The molecule has 1 N–H and O–H groups in total. The van der Waals surface area contributed by atoms with Crippen LogP contribution in [0.15, 0.2) is 53.4 Å². The number of hydrogen-bond acceptors (Lipinski definition) is 4. The third-order valence-corrected chi connectivity index (χ3v) is 6.17. The summed E-state index contributed by atoms with van der Waals surface area (Å²) in [6.07, 6.45) is 0. The van der Waals surface area contributed by atoms with Crippen LogP contribution in [0.4, 0.5) is 0 Å². The van der Waals surface area contributed by atoms with E-state index in [0.717, 1.165) is 16.9 Å². The smallest absolute Gasteiger partial charge is 0.243 e. The van der Waals surface area contributed by atoms with Crippen LogP contribution in [-0.4, -0.2) is 32.9 Å². The van der Waals surface area contributed by atoms with Gasteiger partial charge in [-0.25, -0.2) is 8.42 Å². The molecule has 0 saturated carbocycles. The van der Waals surface area contributed by atoms with Crippen LogP contribution in [0.1, 0.15) is 25.0 Å². The molecule has 6 heteroatoms. The molecule has 0 aliphatic rings. The second-order valence-electron chi connectivity index (χ2n) is 6.21. The van der Waals surface area contributed by atoms with E-state index in [1.54, 1.807) is 26.3 Å². The number of hydrogen-bond donors (Lipinski definition) is 1. The second kappa shape index (κ2) is 8.47. The molecule has 2 aromatic carbocycles. The van der Waals surface area contributed by atoms with Crippen molar-refractivity contribution < 1.29 is 13.2 Å². The molecule has 0 aliphatic heterocycles. The molecule has 136 valence electrons. The van der Waals surface area contributed by atoms with Crippen molar-refractivity contribution in [3.63, 3.8) is 0 Å². The number of ether oxygens (including phenoxy) is 1. The molecule has 0 amide bonds. The summed E-state index contributed by atoms with van der Waals surface area (Å²) < 4.78 is 31.5. The van der Waals surface area contributed by atoms with Gasteiger partial charge in [-0.05, 0) is 49.2 Å². The molecule has 0 spiro atoms. The Morgan fingerprint density at radius 2 is 1.68 bits per heavy atom. The van der Waals surface area contributed by atoms with Gasteiger partial charge in [0.2, 0.25) is 10.0 Å². The molecule has 0 saturated heterocycles. The van der Waals surface area contributed by atoms with Crippen LogP contribution in [0.5, 0.6) is 5.75 Å². The molecule has 0 unspecified atom stereocenters. The second-order valence-corrected chi connectivity index (χ2v) is 8.21. The maximum Gasteiger partial charge on any atom is 0.243 e. The SMILES string of the molecule is COc1cccc(CNCc2ccc(S(=O)(=O)N(C)C(C)C)cc2)c1. The summed E-state index contributed by atoms with van der Waals surface area (Å²) in [5, 5.41) is 3.35. The van der Waals surface area contributed by atoms with Crippen molar-refractivity contribution in [3.05, 3.63) is 59.7 Å². The molecule has 0 heterocycles. The van der Waals surface area contributed by atoms with E-state index in [2.05, 4.69) is 5.32 Å². The fourth-order valence-corrected chi connectivity index (χ4v) is 3.72. The van der Waals surface area contributed by atoms with Crippen LogP contribution in [0, 0.1) is 0 Å². The quantitative estimate of drug-likeness (QED) is 0.784. The van der Waals surface area contributed by atoms with Crippen molar-refractivity contribution in [2.75, 3.05) is 14.2 Å². The zero-order valence-electron chi connectivity index (χ0n) is 15.2. The van der Waals surface area contributed by atoms with Gasteiger partial charge in [0, 0.05) is 26.2 Å². The highest BCUT2D eigenvalue weighted by Gasteiger charge is 2.22. The molecule has 0 fully saturated rings. The van der Waals surface area contributed by atoms with E-state index < -0.39 is 10.0 Å². The van der Waals surface area contributed by atoms with E-state index >= 15 is 0 Å². The first-order chi connectivity index (χ1) is 11.8. The average molecular weight is 362 g/mol. The van der Waals surface area contributed by atoms with Crippen LogP contribution >= 0.6 is 0 Å². The van der Waals surface area contributed by atoms with Crippen LogP contribution < -0.4 is 10.1 Å². The van der Waals surface area contributed by atoms with Gasteiger partial charge in [0.05, 0.1) is 12.0 Å². The predicted molar refractivity (Wildman–Crippen MR) is 100 cm³/mol. The fourth-order valence-electron chi connectivity index (χ4n) is 2.36. The van der Waals surface area contributed by atoms with Crippen LogP contribution in [0.2, 0.25) is 0 Å². The van der Waals surface area contributed by atoms with E-state index in [9.17, 15) is 8.42 Å². The highest BCUT2D eigenvalue weighted by molar-refractivity contribution is 7.89. The van der Waals surface area contributed by atoms with Crippen molar-refractivity contribution in [2.45, 2.75) is 37.9 Å². The van der Waals surface area contributed by atoms with E-state index in [1.165, 1.54) is 4.31 Å². The first-order valence-corrected chi connectivity index (χ1v) is 9.69. The number of sulfonamides is 1. The summed E-state index contributed by atoms with van der Waals surface area (Å²) in [7, 11) is -0.175. The largest absolute Gasteiger partial charge is 0.497 e. The molecular formula is C19H26N2O3S. The molecular weight excluding hydrogens is 336 g/mol. The van der Waals surface area contributed by atoms with E-state index in [1.807, 2.05) is 50.2 Å². The Hall–Kier alpha value is -1.89. The van der Waals surface area contributed by atoms with E-state index in [-0.39, 0.29) is 6.04 Å². The van der Waals surface area contributed by atoms with Gasteiger partial charge in [0.25, 0.3) is 0 Å². The molecule has 0 aliphatic carbocycles. The minimum atomic E-state index is -3.43. The summed E-state index contributed by atoms with van der Waals surface area (Å²) in [5.41, 5.74) is 2.17. The Morgan fingerprint density at radius 1 is 1.04 bits per heavy atom. The molecule has 2 aromatic rings. The summed E-state index contributed by atoms with van der Waals surface area (Å²) in [4.78, 5) is 0.320. The summed E-state index contributed by atoms with van der Waals surface area (Å²) in [5.74, 6) is 0.836. The van der Waals surface area contributed by atoms with Gasteiger partial charge >= 0.3 is 0 Å². The molecule has 0 radical (unpaired) electrons. The number of nitrogens with one attached hydrogen (secondary N) is 1. The first-order valence-electron chi connectivity index (χ1n) is 8.25. The van der Waals surface area contributed by atoms with Gasteiger partial charge in [0.1, 0.15) is 5.75 Å². The number of benzene rings is 2. The Labute approximate surface area is 150 Å². The minimum absolute atomic E-state index is 0.0748. The predicted octanol–water partition coefficient (Wildman–Crippen LogP) is 3.01. The third kappa shape index (κ3) is 5.04. The van der Waals surface area contributed by atoms with E-state index in [4.69, 9.17) is 4.74 Å². The monoisotopic (exact) mass is 362 g/mol. The standard InChI is InChI=1S/C19H26N2O3S/c1-15(2)21(3)25(22,23)19-10-8-16(9-11-19)13-20-14-17-6-5-7-18(12-17)24-4/h5-12,15,20H,13-14H2,1-4H3. The molecule has 0 aromatic heterocycles. The zero-order chi connectivity index (χ0) is 18.4. The van der Waals surface area contributed by atoms with Crippen LogP contribution in [0.25, 0.3) is 0 Å². The maximum absolute atomic E-state index is 12.4. The van der Waals surface area contributed by atoms with Crippen molar-refractivity contribution in [2.24, 2.45) is 0 Å². The third-order valence-electron chi connectivity index (χ3n) is 4.12. The average Bonchev–Trinajstić information content (AvgIpc) is 2.61. The summed E-state index contributed by atoms with van der Waals surface area (Å²) in [6, 6.07) is 14.8. The van der Waals surface area contributed by atoms with Gasteiger partial charge in [-0.15, -0.1) is 0 Å². The lowest BCUT2D eigenvalue weighted by Crippen LogP contribution is -2.33. The van der Waals surface area contributed by atoms with Crippen LogP contribution in [0.3, 0.4) is 0 Å². The Balaban J connectivity index is 1.96. The van der Waals surface area contributed by atoms with Crippen molar-refractivity contribution >= 4 is 10.0 Å². The topological polar surface area (TPSA) is 58.6 Å². The van der Waals surface area contributed by atoms with Gasteiger partial charge in [-0.3, -0.25) is 0 Å². The molecule has 25 heavy (non-hydrogen) atoms. The Morgan fingerprint density at radius 3 is 2.28 bits per heavy atom. The number of methoxy groups -OCH3 is 1. The lowest BCUT2D eigenvalue weighted by atomic mass is 10.2. The van der Waals surface area contributed by atoms with Crippen LogP contribution in [-0.2, 0) is 23.1 Å². The lowest BCUT2D eigenvalue weighted by Gasteiger charge is -2.21. The highest BCUT2D eigenvalue weighted by Crippen LogP contribution is 2.17. The number of rotatable bonds is 8. The molecule has 5 nitrogen and oxygen atoms in total. The molecule has 0 atom stereocenters. The number of nitrogens with zero attached hydrogens (tertiary/aromatic N) is 1.